The van der Waals surface area contributed by atoms with Crippen LogP contribution in [0.25, 0.3) is 6.08 Å². The van der Waals surface area contributed by atoms with E-state index in [1.165, 1.54) is 0 Å². The fourth-order valence-electron chi connectivity index (χ4n) is 2.31. The summed E-state index contributed by atoms with van der Waals surface area (Å²) in [7, 11) is 0. The molecule has 3 rings (SSSR count). The molecule has 0 atom stereocenters. The van der Waals surface area contributed by atoms with Crippen LogP contribution in [0.3, 0.4) is 0 Å². The molecule has 1 aliphatic heterocycles. The van der Waals surface area contributed by atoms with E-state index in [0.29, 0.717) is 17.4 Å². The van der Waals surface area contributed by atoms with Crippen molar-refractivity contribution in [1.82, 2.24) is 20.0 Å². The third-order valence-corrected chi connectivity index (χ3v) is 4.56. The van der Waals surface area contributed by atoms with Crippen LogP contribution in [0.1, 0.15) is 18.1 Å². The zero-order valence-electron chi connectivity index (χ0n) is 12.5. The summed E-state index contributed by atoms with van der Waals surface area (Å²) >= 11 is 8.77. The van der Waals surface area contributed by atoms with Crippen LogP contribution in [-0.4, -0.2) is 25.7 Å². The summed E-state index contributed by atoms with van der Waals surface area (Å²) in [4.78, 5) is 14.1. The van der Waals surface area contributed by atoms with Crippen molar-refractivity contribution >= 4 is 45.2 Å². The lowest BCUT2D eigenvalue weighted by Crippen LogP contribution is -2.29. The van der Waals surface area contributed by atoms with Crippen molar-refractivity contribution < 1.29 is 4.79 Å². The molecule has 1 N–H and O–H groups in total. The predicted octanol–water partition coefficient (Wildman–Crippen LogP) is 2.92. The maximum absolute atomic E-state index is 12.6. The fourth-order valence-corrected chi connectivity index (χ4v) is 2.96. The first-order valence-corrected chi connectivity index (χ1v) is 8.39. The maximum atomic E-state index is 12.6. The maximum Gasteiger partial charge on any atom is 0.276 e. The van der Waals surface area contributed by atoms with Crippen LogP contribution in [0.5, 0.6) is 0 Å². The Balaban J connectivity index is 1.81. The van der Waals surface area contributed by atoms with Gasteiger partial charge in [0.1, 0.15) is 5.70 Å². The Morgan fingerprint density at radius 3 is 2.87 bits per heavy atom. The number of aromatic nitrogens is 2. The summed E-state index contributed by atoms with van der Waals surface area (Å²) in [5.41, 5.74) is 2.35. The largest absolute Gasteiger partial charge is 0.328 e. The number of aryl methyl sites for hydroxylation is 1. The molecule has 0 unspecified atom stereocenters. The van der Waals surface area contributed by atoms with Gasteiger partial charge in [-0.3, -0.25) is 14.4 Å². The van der Waals surface area contributed by atoms with E-state index < -0.39 is 0 Å². The summed E-state index contributed by atoms with van der Waals surface area (Å²) < 4.78 is 2.75. The molecule has 0 radical (unpaired) electrons. The monoisotopic (exact) mass is 390 g/mol. The van der Waals surface area contributed by atoms with E-state index in [2.05, 4.69) is 26.3 Å². The van der Waals surface area contributed by atoms with Crippen LogP contribution in [0.15, 0.2) is 46.8 Å². The molecule has 23 heavy (non-hydrogen) atoms. The van der Waals surface area contributed by atoms with E-state index in [9.17, 15) is 4.79 Å². The average molecular weight is 391 g/mol. The second kappa shape index (κ2) is 6.64. The predicted molar refractivity (Wildman–Crippen MR) is 96.3 cm³/mol. The van der Waals surface area contributed by atoms with Crippen molar-refractivity contribution in [3.63, 3.8) is 0 Å². The second-order valence-corrected chi connectivity index (χ2v) is 6.35. The molecule has 2 heterocycles. The molecule has 1 fully saturated rings. The Morgan fingerprint density at radius 2 is 2.17 bits per heavy atom. The van der Waals surface area contributed by atoms with Crippen LogP contribution in [0, 0.1) is 0 Å². The summed E-state index contributed by atoms with van der Waals surface area (Å²) in [6.07, 6.45) is 5.48. The molecular formula is C16H15BrN4OS. The molecule has 1 aromatic carbocycles. The molecule has 1 saturated heterocycles. The number of halogens is 1. The summed E-state index contributed by atoms with van der Waals surface area (Å²) in [5, 5.41) is 7.63. The number of thiocarbonyl (C=S) groups is 1. The molecule has 1 amide bonds. The number of carbonyl (C=O) groups excluding carboxylic acids is 1. The zero-order valence-corrected chi connectivity index (χ0v) is 14.9. The van der Waals surface area contributed by atoms with Gasteiger partial charge in [-0.15, -0.1) is 0 Å². The highest BCUT2D eigenvalue weighted by molar-refractivity contribution is 9.10. The number of nitrogens with zero attached hydrogens (tertiary/aromatic N) is 3. The van der Waals surface area contributed by atoms with Gasteiger partial charge in [-0.05, 0) is 36.8 Å². The normalized spacial score (nSPS) is 16.3. The third-order valence-electron chi connectivity index (χ3n) is 3.52. The van der Waals surface area contributed by atoms with Gasteiger partial charge in [0, 0.05) is 22.8 Å². The third kappa shape index (κ3) is 3.35. The van der Waals surface area contributed by atoms with Gasteiger partial charge in [-0.2, -0.15) is 5.10 Å². The van der Waals surface area contributed by atoms with Crippen molar-refractivity contribution in [1.29, 1.82) is 0 Å². The topological polar surface area (TPSA) is 50.2 Å². The van der Waals surface area contributed by atoms with Gasteiger partial charge in [0.05, 0.1) is 12.7 Å². The molecule has 1 aromatic heterocycles. The summed E-state index contributed by atoms with van der Waals surface area (Å²) in [6, 6.07) is 7.72. The number of hydrogen-bond acceptors (Lipinski definition) is 3. The van der Waals surface area contributed by atoms with E-state index >= 15 is 0 Å². The lowest BCUT2D eigenvalue weighted by molar-refractivity contribution is -0.122. The number of amides is 1. The molecule has 2 aromatic rings. The van der Waals surface area contributed by atoms with E-state index in [4.69, 9.17) is 12.2 Å². The first-order valence-electron chi connectivity index (χ1n) is 7.19. The van der Waals surface area contributed by atoms with E-state index in [-0.39, 0.29) is 5.91 Å². The van der Waals surface area contributed by atoms with Crippen LogP contribution >= 0.6 is 28.1 Å². The average Bonchev–Trinajstić information content (AvgIpc) is 3.10. The number of nitrogens with one attached hydrogen (secondary N) is 1. The summed E-state index contributed by atoms with van der Waals surface area (Å²) in [6.45, 7) is 3.23. The highest BCUT2D eigenvalue weighted by atomic mass is 79.9. The number of rotatable bonds is 4. The molecule has 5 nitrogen and oxygen atoms in total. The van der Waals surface area contributed by atoms with Gasteiger partial charge in [-0.25, -0.2) is 0 Å². The molecule has 7 heteroatoms. The van der Waals surface area contributed by atoms with Gasteiger partial charge in [0.15, 0.2) is 5.11 Å². The molecule has 0 aliphatic carbocycles. The minimum Gasteiger partial charge on any atom is -0.328 e. The molecule has 0 saturated carbocycles. The Bertz CT molecular complexity index is 799. The Morgan fingerprint density at radius 1 is 1.39 bits per heavy atom. The Labute approximate surface area is 148 Å². The smallest absolute Gasteiger partial charge is 0.276 e. The van der Waals surface area contributed by atoms with E-state index in [1.807, 2.05) is 42.1 Å². The van der Waals surface area contributed by atoms with Crippen LogP contribution < -0.4 is 5.32 Å². The van der Waals surface area contributed by atoms with Gasteiger partial charge >= 0.3 is 0 Å². The number of benzene rings is 1. The second-order valence-electron chi connectivity index (χ2n) is 5.11. The van der Waals surface area contributed by atoms with Crippen molar-refractivity contribution in [2.24, 2.45) is 0 Å². The Kier molecular flexibility index (Phi) is 4.58. The van der Waals surface area contributed by atoms with Crippen LogP contribution in [0.2, 0.25) is 0 Å². The SMILES string of the molecule is CCn1cc(CN2C(=O)/C(=C\c3ccccc3Br)NC2=S)cn1. The molecule has 0 spiro atoms. The van der Waals surface area contributed by atoms with Gasteiger partial charge in [0.25, 0.3) is 5.91 Å². The highest BCUT2D eigenvalue weighted by Crippen LogP contribution is 2.21. The van der Waals surface area contributed by atoms with Gasteiger partial charge < -0.3 is 5.32 Å². The van der Waals surface area contributed by atoms with Crippen molar-refractivity contribution in [3.8, 4) is 0 Å². The van der Waals surface area contributed by atoms with Crippen LogP contribution in [-0.2, 0) is 17.9 Å². The van der Waals surface area contributed by atoms with Gasteiger partial charge in [0.2, 0.25) is 0 Å². The highest BCUT2D eigenvalue weighted by Gasteiger charge is 2.30. The first kappa shape index (κ1) is 15.9. The lowest BCUT2D eigenvalue weighted by Gasteiger charge is -2.12. The van der Waals surface area contributed by atoms with E-state index in [1.54, 1.807) is 17.2 Å². The molecular weight excluding hydrogens is 376 g/mol. The van der Waals surface area contributed by atoms with E-state index in [0.717, 1.165) is 22.1 Å². The number of hydrogen-bond donors (Lipinski definition) is 1. The van der Waals surface area contributed by atoms with Crippen LogP contribution in [0.4, 0.5) is 0 Å². The lowest BCUT2D eigenvalue weighted by atomic mass is 10.2. The zero-order chi connectivity index (χ0) is 16.4. The van der Waals surface area contributed by atoms with Crippen molar-refractivity contribution in [3.05, 3.63) is 58.0 Å². The quantitative estimate of drug-likeness (QED) is 0.643. The van der Waals surface area contributed by atoms with Gasteiger partial charge in [-0.1, -0.05) is 34.1 Å². The minimum absolute atomic E-state index is 0.130. The van der Waals surface area contributed by atoms with Crippen molar-refractivity contribution in [2.75, 3.05) is 0 Å². The summed E-state index contributed by atoms with van der Waals surface area (Å²) in [5.74, 6) is -0.130. The standard InChI is InChI=1S/C16H15BrN4OS/c1-2-20-9-11(8-18-20)10-21-15(22)14(19-16(21)23)7-12-5-3-4-6-13(12)17/h3-9H,2,10H2,1H3,(H,19,23)/b14-7+. The van der Waals surface area contributed by atoms with Crippen molar-refractivity contribution in [2.45, 2.75) is 20.0 Å². The number of carbonyl (C=O) groups is 1. The fraction of sp³-hybridized carbons (Fsp3) is 0.188. The minimum atomic E-state index is -0.130. The molecule has 0 bridgehead atoms. The first-order chi connectivity index (χ1) is 11.1. The molecule has 1 aliphatic rings. The Hall–Kier alpha value is -1.99. The molecule has 118 valence electrons.